The Morgan fingerprint density at radius 2 is 1.86 bits per heavy atom. The van der Waals surface area contributed by atoms with E-state index in [-0.39, 0.29) is 13.0 Å². The fourth-order valence-electron chi connectivity index (χ4n) is 0.677. The van der Waals surface area contributed by atoms with Gasteiger partial charge < -0.3 is 4.74 Å². The molecule has 0 heterocycles. The predicted molar refractivity (Wildman–Crippen MR) is 51.8 cm³/mol. The quantitative estimate of drug-likeness (QED) is 0.565. The van der Waals surface area contributed by atoms with E-state index in [4.69, 9.17) is 0 Å². The molecule has 0 aliphatic rings. The van der Waals surface area contributed by atoms with Crippen molar-refractivity contribution in [3.05, 3.63) is 0 Å². The number of hydrogen-bond donors (Lipinski definition) is 2. The van der Waals surface area contributed by atoms with Crippen LogP contribution in [-0.2, 0) is 19.7 Å². The monoisotopic (exact) mass is 224 g/mol. The van der Waals surface area contributed by atoms with Crippen molar-refractivity contribution in [2.75, 3.05) is 20.2 Å². The van der Waals surface area contributed by atoms with Crippen LogP contribution in [0.4, 0.5) is 0 Å². The van der Waals surface area contributed by atoms with Gasteiger partial charge in [-0.3, -0.25) is 4.79 Å². The molecule has 0 aromatic rings. The van der Waals surface area contributed by atoms with Crippen molar-refractivity contribution in [3.63, 3.8) is 0 Å². The summed E-state index contributed by atoms with van der Waals surface area (Å²) >= 11 is 0. The topological polar surface area (TPSA) is 84.5 Å². The molecule has 0 saturated carbocycles. The Morgan fingerprint density at radius 1 is 1.29 bits per heavy atom. The first kappa shape index (κ1) is 13.3. The van der Waals surface area contributed by atoms with Gasteiger partial charge in [0.1, 0.15) is 0 Å². The van der Waals surface area contributed by atoms with E-state index in [0.29, 0.717) is 6.54 Å². The molecule has 0 bridgehead atoms. The first-order valence-corrected chi connectivity index (χ1v) is 5.81. The van der Waals surface area contributed by atoms with Gasteiger partial charge in [0.15, 0.2) is 0 Å². The Balaban J connectivity index is 3.71. The molecule has 0 amide bonds. The third-order valence-electron chi connectivity index (χ3n) is 1.39. The summed E-state index contributed by atoms with van der Waals surface area (Å²) in [5.41, 5.74) is 0. The molecule has 0 aromatic heterocycles. The molecular weight excluding hydrogens is 208 g/mol. The van der Waals surface area contributed by atoms with Crippen LogP contribution in [0.1, 0.15) is 19.8 Å². The van der Waals surface area contributed by atoms with E-state index in [0.717, 1.165) is 6.42 Å². The average molecular weight is 224 g/mol. The molecule has 0 saturated heterocycles. The van der Waals surface area contributed by atoms with Crippen molar-refractivity contribution in [1.29, 1.82) is 0 Å². The molecule has 84 valence electrons. The van der Waals surface area contributed by atoms with E-state index < -0.39 is 16.2 Å². The molecule has 0 radical (unpaired) electrons. The van der Waals surface area contributed by atoms with Crippen molar-refractivity contribution >= 4 is 16.2 Å². The van der Waals surface area contributed by atoms with Gasteiger partial charge in [-0.2, -0.15) is 8.42 Å². The summed E-state index contributed by atoms with van der Waals surface area (Å²) in [6, 6.07) is 0. The number of hydrogen-bond acceptors (Lipinski definition) is 4. The van der Waals surface area contributed by atoms with E-state index in [1.165, 1.54) is 7.11 Å². The highest BCUT2D eigenvalue weighted by Crippen LogP contribution is 1.84. The van der Waals surface area contributed by atoms with Gasteiger partial charge in [0.05, 0.1) is 13.5 Å². The molecule has 7 heteroatoms. The van der Waals surface area contributed by atoms with Crippen molar-refractivity contribution in [2.24, 2.45) is 0 Å². The summed E-state index contributed by atoms with van der Waals surface area (Å²) in [4.78, 5) is 10.6. The van der Waals surface area contributed by atoms with Crippen LogP contribution in [0.3, 0.4) is 0 Å². The first-order chi connectivity index (χ1) is 6.52. The molecule has 0 fully saturated rings. The highest BCUT2D eigenvalue weighted by molar-refractivity contribution is 7.87. The van der Waals surface area contributed by atoms with Gasteiger partial charge in [-0.05, 0) is 6.42 Å². The number of carbonyl (C=O) groups excluding carboxylic acids is 1. The third-order valence-corrected chi connectivity index (χ3v) is 2.56. The smallest absolute Gasteiger partial charge is 0.306 e. The Labute approximate surface area is 84.2 Å². The zero-order chi connectivity index (χ0) is 11.0. The molecule has 14 heavy (non-hydrogen) atoms. The zero-order valence-corrected chi connectivity index (χ0v) is 9.19. The molecule has 0 unspecified atom stereocenters. The summed E-state index contributed by atoms with van der Waals surface area (Å²) in [5, 5.41) is 0. The number of methoxy groups -OCH3 is 1. The van der Waals surface area contributed by atoms with Crippen LogP contribution in [0, 0.1) is 0 Å². The maximum absolute atomic E-state index is 11.1. The second-order valence-corrected chi connectivity index (χ2v) is 4.20. The number of nitrogens with one attached hydrogen (secondary N) is 2. The minimum Gasteiger partial charge on any atom is -0.469 e. The molecule has 0 aromatic carbocycles. The van der Waals surface area contributed by atoms with Crippen LogP contribution in [-0.4, -0.2) is 34.6 Å². The Hall–Kier alpha value is -0.660. The fraction of sp³-hybridized carbons (Fsp3) is 0.857. The van der Waals surface area contributed by atoms with Crippen LogP contribution in [0.2, 0.25) is 0 Å². The fourth-order valence-corrected chi connectivity index (χ4v) is 1.62. The minimum atomic E-state index is -3.46. The second-order valence-electron chi connectivity index (χ2n) is 2.62. The summed E-state index contributed by atoms with van der Waals surface area (Å²) < 4.78 is 31.1. The number of esters is 1. The van der Waals surface area contributed by atoms with Gasteiger partial charge in [0, 0.05) is 13.1 Å². The lowest BCUT2D eigenvalue weighted by Gasteiger charge is -2.06. The molecular formula is C7H16N2O4S. The number of rotatable bonds is 7. The van der Waals surface area contributed by atoms with E-state index in [9.17, 15) is 13.2 Å². The van der Waals surface area contributed by atoms with Crippen LogP contribution >= 0.6 is 0 Å². The standard InChI is InChI=1S/C7H16N2O4S/c1-3-5-8-14(11,12)9-6-4-7(10)13-2/h8-9H,3-6H2,1-2H3. The van der Waals surface area contributed by atoms with E-state index in [2.05, 4.69) is 14.2 Å². The van der Waals surface area contributed by atoms with Crippen molar-refractivity contribution in [3.8, 4) is 0 Å². The molecule has 0 aliphatic heterocycles. The Morgan fingerprint density at radius 3 is 2.36 bits per heavy atom. The number of ether oxygens (including phenoxy) is 1. The van der Waals surface area contributed by atoms with Crippen molar-refractivity contribution < 1.29 is 17.9 Å². The van der Waals surface area contributed by atoms with Crippen LogP contribution < -0.4 is 9.44 Å². The summed E-state index contributed by atoms with van der Waals surface area (Å²) in [6.45, 7) is 2.29. The van der Waals surface area contributed by atoms with Crippen molar-refractivity contribution in [2.45, 2.75) is 19.8 Å². The highest BCUT2D eigenvalue weighted by Gasteiger charge is 2.08. The number of carbonyl (C=O) groups is 1. The Kier molecular flexibility index (Phi) is 6.43. The van der Waals surface area contributed by atoms with E-state index >= 15 is 0 Å². The lowest BCUT2D eigenvalue weighted by molar-refractivity contribution is -0.140. The van der Waals surface area contributed by atoms with Gasteiger partial charge in [-0.1, -0.05) is 6.92 Å². The maximum atomic E-state index is 11.1. The van der Waals surface area contributed by atoms with Gasteiger partial charge >= 0.3 is 5.97 Å². The molecule has 0 aliphatic carbocycles. The van der Waals surface area contributed by atoms with Crippen LogP contribution in [0.5, 0.6) is 0 Å². The first-order valence-electron chi connectivity index (χ1n) is 4.33. The van der Waals surface area contributed by atoms with E-state index in [1.807, 2.05) is 6.92 Å². The molecule has 0 atom stereocenters. The third kappa shape index (κ3) is 6.81. The van der Waals surface area contributed by atoms with Gasteiger partial charge in [0.2, 0.25) is 0 Å². The molecule has 6 nitrogen and oxygen atoms in total. The SMILES string of the molecule is CCCNS(=O)(=O)NCCC(=O)OC. The maximum Gasteiger partial charge on any atom is 0.306 e. The summed E-state index contributed by atoms with van der Waals surface area (Å²) in [6.07, 6.45) is 0.751. The van der Waals surface area contributed by atoms with Crippen LogP contribution in [0.25, 0.3) is 0 Å². The van der Waals surface area contributed by atoms with Gasteiger partial charge in [-0.25, -0.2) is 9.44 Å². The van der Waals surface area contributed by atoms with Gasteiger partial charge in [-0.15, -0.1) is 0 Å². The lowest BCUT2D eigenvalue weighted by atomic mass is 10.4. The zero-order valence-electron chi connectivity index (χ0n) is 8.37. The van der Waals surface area contributed by atoms with E-state index in [1.54, 1.807) is 0 Å². The summed E-state index contributed by atoms with van der Waals surface area (Å²) in [5.74, 6) is -0.441. The molecule has 2 N–H and O–H groups in total. The normalized spacial score (nSPS) is 11.3. The van der Waals surface area contributed by atoms with Gasteiger partial charge in [0.25, 0.3) is 10.2 Å². The Bertz CT molecular complexity index is 263. The molecule has 0 rings (SSSR count). The second kappa shape index (κ2) is 6.74. The highest BCUT2D eigenvalue weighted by atomic mass is 32.2. The van der Waals surface area contributed by atoms with Crippen molar-refractivity contribution in [1.82, 2.24) is 9.44 Å². The average Bonchev–Trinajstić information content (AvgIpc) is 2.14. The van der Waals surface area contributed by atoms with Crippen LogP contribution in [0.15, 0.2) is 0 Å². The minimum absolute atomic E-state index is 0.0313. The summed E-state index contributed by atoms with van der Waals surface area (Å²) in [7, 11) is -2.20. The predicted octanol–water partition coefficient (Wildman–Crippen LogP) is -0.616. The lowest BCUT2D eigenvalue weighted by Crippen LogP contribution is -2.37. The largest absolute Gasteiger partial charge is 0.469 e. The molecule has 0 spiro atoms.